The molecule has 1 aromatic rings. The molecule has 0 saturated heterocycles. The lowest BCUT2D eigenvalue weighted by Gasteiger charge is -2.37. The minimum atomic E-state index is -0.708. The summed E-state index contributed by atoms with van der Waals surface area (Å²) in [6.45, 7) is 8.01. The molecule has 84 valence electrons. The van der Waals surface area contributed by atoms with Crippen LogP contribution in [0.4, 0.5) is 0 Å². The Balaban J connectivity index is 2.82. The number of hydrogen-bond acceptors (Lipinski definition) is 1. The van der Waals surface area contributed by atoms with Crippen molar-refractivity contribution in [2.24, 2.45) is 5.41 Å². The van der Waals surface area contributed by atoms with Gasteiger partial charge in [0.1, 0.15) is 0 Å². The van der Waals surface area contributed by atoms with Crippen molar-refractivity contribution in [3.05, 3.63) is 34.9 Å². The SMILES string of the molecule is CC(C)(C)C(C)(O)Cc1ccc(Cl)cc1. The Kier molecular flexibility index (Phi) is 3.47. The molecule has 2 heteroatoms. The predicted molar refractivity (Wildman–Crippen MR) is 65.2 cm³/mol. The third-order valence-corrected chi connectivity index (χ3v) is 3.33. The molecule has 0 spiro atoms. The molecule has 0 aliphatic carbocycles. The van der Waals surface area contributed by atoms with E-state index in [-0.39, 0.29) is 5.41 Å². The second-order valence-corrected chi connectivity index (χ2v) is 5.76. The molecule has 1 unspecified atom stereocenters. The lowest BCUT2D eigenvalue weighted by molar-refractivity contribution is -0.0405. The summed E-state index contributed by atoms with van der Waals surface area (Å²) in [7, 11) is 0. The number of benzene rings is 1. The lowest BCUT2D eigenvalue weighted by Crippen LogP contribution is -2.41. The number of rotatable bonds is 2. The van der Waals surface area contributed by atoms with Crippen molar-refractivity contribution in [1.82, 2.24) is 0 Å². The summed E-state index contributed by atoms with van der Waals surface area (Å²) in [4.78, 5) is 0. The summed E-state index contributed by atoms with van der Waals surface area (Å²) in [5, 5.41) is 11.1. The van der Waals surface area contributed by atoms with Gasteiger partial charge in [-0.1, -0.05) is 44.5 Å². The van der Waals surface area contributed by atoms with Crippen molar-refractivity contribution in [2.75, 3.05) is 0 Å². The van der Waals surface area contributed by atoms with Gasteiger partial charge in [-0.3, -0.25) is 0 Å². The molecule has 0 aliphatic rings. The lowest BCUT2D eigenvalue weighted by atomic mass is 9.74. The number of hydrogen-bond donors (Lipinski definition) is 1. The van der Waals surface area contributed by atoms with Gasteiger partial charge in [0.25, 0.3) is 0 Å². The maximum Gasteiger partial charge on any atom is 0.0707 e. The highest BCUT2D eigenvalue weighted by atomic mass is 35.5. The van der Waals surface area contributed by atoms with Gasteiger partial charge in [0.05, 0.1) is 5.60 Å². The van der Waals surface area contributed by atoms with E-state index in [1.807, 2.05) is 52.0 Å². The Morgan fingerprint density at radius 1 is 1.07 bits per heavy atom. The molecule has 1 N–H and O–H groups in total. The first kappa shape index (κ1) is 12.5. The van der Waals surface area contributed by atoms with E-state index >= 15 is 0 Å². The fourth-order valence-electron chi connectivity index (χ4n) is 1.26. The van der Waals surface area contributed by atoms with Gasteiger partial charge in [-0.05, 0) is 30.0 Å². The monoisotopic (exact) mass is 226 g/mol. The molecule has 0 aromatic heterocycles. The third-order valence-electron chi connectivity index (χ3n) is 3.08. The van der Waals surface area contributed by atoms with Gasteiger partial charge in [0.2, 0.25) is 0 Å². The predicted octanol–water partition coefficient (Wildman–Crippen LogP) is 3.68. The van der Waals surface area contributed by atoms with E-state index in [1.54, 1.807) is 0 Å². The first-order valence-electron chi connectivity index (χ1n) is 5.19. The van der Waals surface area contributed by atoms with Crippen LogP contribution < -0.4 is 0 Å². The average molecular weight is 227 g/mol. The summed E-state index contributed by atoms with van der Waals surface area (Å²) < 4.78 is 0. The zero-order valence-corrected chi connectivity index (χ0v) is 10.6. The largest absolute Gasteiger partial charge is 0.389 e. The molecule has 1 atom stereocenters. The topological polar surface area (TPSA) is 20.2 Å². The van der Waals surface area contributed by atoms with Gasteiger partial charge in [-0.25, -0.2) is 0 Å². The Morgan fingerprint density at radius 2 is 1.53 bits per heavy atom. The van der Waals surface area contributed by atoms with Crippen LogP contribution in [0.25, 0.3) is 0 Å². The Bertz CT molecular complexity index is 319. The summed E-state index contributed by atoms with van der Waals surface area (Å²) in [6, 6.07) is 7.64. The van der Waals surface area contributed by atoms with Gasteiger partial charge in [-0.2, -0.15) is 0 Å². The highest BCUT2D eigenvalue weighted by Crippen LogP contribution is 2.32. The second-order valence-electron chi connectivity index (χ2n) is 5.33. The first-order chi connectivity index (χ1) is 6.72. The fourth-order valence-corrected chi connectivity index (χ4v) is 1.39. The quantitative estimate of drug-likeness (QED) is 0.816. The highest BCUT2D eigenvalue weighted by molar-refractivity contribution is 6.30. The normalized spacial score (nSPS) is 16.1. The molecule has 1 rings (SSSR count). The maximum atomic E-state index is 10.3. The summed E-state index contributed by atoms with van der Waals surface area (Å²) in [5.41, 5.74) is 0.271. The average Bonchev–Trinajstić information content (AvgIpc) is 2.06. The first-order valence-corrected chi connectivity index (χ1v) is 5.57. The maximum absolute atomic E-state index is 10.3. The van der Waals surface area contributed by atoms with Gasteiger partial charge in [0, 0.05) is 11.4 Å². The molecule has 15 heavy (non-hydrogen) atoms. The van der Waals surface area contributed by atoms with Gasteiger partial charge in [0.15, 0.2) is 0 Å². The van der Waals surface area contributed by atoms with E-state index in [2.05, 4.69) is 0 Å². The van der Waals surface area contributed by atoms with Crippen molar-refractivity contribution in [1.29, 1.82) is 0 Å². The van der Waals surface area contributed by atoms with Crippen LogP contribution in [-0.2, 0) is 6.42 Å². The Labute approximate surface area is 97.1 Å². The number of halogens is 1. The van der Waals surface area contributed by atoms with Gasteiger partial charge in [-0.15, -0.1) is 0 Å². The van der Waals surface area contributed by atoms with Crippen LogP contribution in [0.3, 0.4) is 0 Å². The van der Waals surface area contributed by atoms with Gasteiger partial charge >= 0.3 is 0 Å². The number of aliphatic hydroxyl groups is 1. The molecule has 0 amide bonds. The molecule has 1 aromatic carbocycles. The van der Waals surface area contributed by atoms with Crippen molar-refractivity contribution < 1.29 is 5.11 Å². The van der Waals surface area contributed by atoms with Crippen LogP contribution in [0.15, 0.2) is 24.3 Å². The van der Waals surface area contributed by atoms with Crippen molar-refractivity contribution in [3.63, 3.8) is 0 Å². The highest BCUT2D eigenvalue weighted by Gasteiger charge is 2.35. The summed E-state index contributed by atoms with van der Waals surface area (Å²) in [6.07, 6.45) is 0.646. The van der Waals surface area contributed by atoms with E-state index in [0.717, 1.165) is 10.6 Å². The van der Waals surface area contributed by atoms with Crippen LogP contribution in [0.2, 0.25) is 5.02 Å². The van der Waals surface area contributed by atoms with E-state index in [0.29, 0.717) is 6.42 Å². The zero-order valence-electron chi connectivity index (χ0n) is 9.84. The molecule has 0 radical (unpaired) electrons. The standard InChI is InChI=1S/C13H19ClO/c1-12(2,3)13(4,15)9-10-5-7-11(14)8-6-10/h5-8,15H,9H2,1-4H3. The summed E-state index contributed by atoms with van der Waals surface area (Å²) in [5.74, 6) is 0. The van der Waals surface area contributed by atoms with Gasteiger partial charge < -0.3 is 5.11 Å². The molecule has 0 fully saturated rings. The van der Waals surface area contributed by atoms with Crippen molar-refractivity contribution >= 4 is 11.6 Å². The minimum absolute atomic E-state index is 0.132. The molecular formula is C13H19ClO. The van der Waals surface area contributed by atoms with Crippen LogP contribution in [0.1, 0.15) is 33.3 Å². The Morgan fingerprint density at radius 3 is 1.93 bits per heavy atom. The van der Waals surface area contributed by atoms with Crippen LogP contribution in [-0.4, -0.2) is 10.7 Å². The van der Waals surface area contributed by atoms with Crippen LogP contribution >= 0.6 is 11.6 Å². The van der Waals surface area contributed by atoms with E-state index in [4.69, 9.17) is 11.6 Å². The van der Waals surface area contributed by atoms with Crippen molar-refractivity contribution in [2.45, 2.75) is 39.7 Å². The zero-order chi connectivity index (χ0) is 11.7. The minimum Gasteiger partial charge on any atom is -0.389 e. The van der Waals surface area contributed by atoms with E-state index < -0.39 is 5.60 Å². The second kappa shape index (κ2) is 4.15. The molecule has 0 heterocycles. The van der Waals surface area contributed by atoms with Crippen LogP contribution in [0.5, 0.6) is 0 Å². The van der Waals surface area contributed by atoms with E-state index in [1.165, 1.54) is 0 Å². The smallest absolute Gasteiger partial charge is 0.0707 e. The third kappa shape index (κ3) is 3.22. The van der Waals surface area contributed by atoms with Crippen LogP contribution in [0, 0.1) is 5.41 Å². The molecule has 1 nitrogen and oxygen atoms in total. The Hall–Kier alpha value is -0.530. The molecular weight excluding hydrogens is 208 g/mol. The summed E-state index contributed by atoms with van der Waals surface area (Å²) >= 11 is 5.81. The molecule has 0 aliphatic heterocycles. The molecule has 0 saturated carbocycles. The fraction of sp³-hybridized carbons (Fsp3) is 0.538. The van der Waals surface area contributed by atoms with E-state index in [9.17, 15) is 5.11 Å². The molecule has 0 bridgehead atoms. The van der Waals surface area contributed by atoms with Crippen molar-refractivity contribution in [3.8, 4) is 0 Å².